The highest BCUT2D eigenvalue weighted by atomic mass is 32.2. The fourth-order valence-electron chi connectivity index (χ4n) is 2.08. The van der Waals surface area contributed by atoms with E-state index < -0.39 is 9.84 Å². The van der Waals surface area contributed by atoms with Crippen LogP contribution in [0.3, 0.4) is 0 Å². The van der Waals surface area contributed by atoms with Crippen molar-refractivity contribution in [3.63, 3.8) is 0 Å². The van der Waals surface area contributed by atoms with Crippen molar-refractivity contribution in [1.29, 1.82) is 0 Å². The molecule has 0 aromatic rings. The zero-order chi connectivity index (χ0) is 13.1. The molecule has 17 heavy (non-hydrogen) atoms. The number of carbonyl (C=O) groups is 1. The highest BCUT2D eigenvalue weighted by molar-refractivity contribution is 7.92. The summed E-state index contributed by atoms with van der Waals surface area (Å²) in [6, 6.07) is 0. The summed E-state index contributed by atoms with van der Waals surface area (Å²) in [7, 11) is -1.74. The summed E-state index contributed by atoms with van der Waals surface area (Å²) in [5.74, 6) is -0.170. The molecule has 0 saturated heterocycles. The van der Waals surface area contributed by atoms with Crippen molar-refractivity contribution in [1.82, 2.24) is 0 Å². The Morgan fingerprint density at radius 1 is 1.41 bits per heavy atom. The van der Waals surface area contributed by atoms with Crippen molar-refractivity contribution in [2.75, 3.05) is 12.9 Å². The molecule has 4 nitrogen and oxygen atoms in total. The standard InChI is InChI=1S/C12H22O4S/c1-4-5-10(2)17(14,15)9-12(6-7-12)8-11(13)16-3/h10H,4-9H2,1-3H3. The first kappa shape index (κ1) is 14.5. The maximum atomic E-state index is 12.1. The van der Waals surface area contributed by atoms with Crippen molar-refractivity contribution >= 4 is 15.8 Å². The second-order valence-corrected chi connectivity index (χ2v) is 7.58. The van der Waals surface area contributed by atoms with Gasteiger partial charge in [-0.15, -0.1) is 0 Å². The molecule has 1 atom stereocenters. The molecule has 0 amide bonds. The Labute approximate surface area is 104 Å². The molecule has 1 unspecified atom stereocenters. The molecule has 0 N–H and O–H groups in total. The van der Waals surface area contributed by atoms with Crippen LogP contribution in [0.4, 0.5) is 0 Å². The quantitative estimate of drug-likeness (QED) is 0.658. The number of carbonyl (C=O) groups excluding carboxylic acids is 1. The van der Waals surface area contributed by atoms with Crippen LogP contribution in [0.1, 0.15) is 46.0 Å². The first-order valence-electron chi connectivity index (χ1n) is 6.13. The average Bonchev–Trinajstić information content (AvgIpc) is 2.97. The van der Waals surface area contributed by atoms with Gasteiger partial charge in [-0.25, -0.2) is 8.42 Å². The molecule has 5 heteroatoms. The van der Waals surface area contributed by atoms with E-state index in [4.69, 9.17) is 0 Å². The van der Waals surface area contributed by atoms with Crippen LogP contribution in [0.15, 0.2) is 0 Å². The number of hydrogen-bond donors (Lipinski definition) is 0. The van der Waals surface area contributed by atoms with Gasteiger partial charge in [-0.05, 0) is 31.6 Å². The first-order chi connectivity index (χ1) is 7.85. The third-order valence-corrected chi connectivity index (χ3v) is 6.00. The molecule has 1 saturated carbocycles. The summed E-state index contributed by atoms with van der Waals surface area (Å²) in [5.41, 5.74) is -0.325. The van der Waals surface area contributed by atoms with Crippen molar-refractivity contribution in [3.05, 3.63) is 0 Å². The van der Waals surface area contributed by atoms with Crippen molar-refractivity contribution < 1.29 is 17.9 Å². The van der Waals surface area contributed by atoms with Gasteiger partial charge < -0.3 is 4.74 Å². The normalized spacial score (nSPS) is 19.7. The fraction of sp³-hybridized carbons (Fsp3) is 0.917. The molecule has 1 aliphatic carbocycles. The second kappa shape index (κ2) is 5.38. The molecule has 0 aliphatic heterocycles. The molecular weight excluding hydrogens is 240 g/mol. The minimum atomic E-state index is -3.08. The summed E-state index contributed by atoms with van der Waals surface area (Å²) < 4.78 is 28.8. The minimum Gasteiger partial charge on any atom is -0.469 e. The van der Waals surface area contributed by atoms with Crippen LogP contribution in [-0.4, -0.2) is 32.5 Å². The summed E-state index contributed by atoms with van der Waals surface area (Å²) in [4.78, 5) is 11.2. The van der Waals surface area contributed by atoms with Gasteiger partial charge in [0, 0.05) is 0 Å². The lowest BCUT2D eigenvalue weighted by Gasteiger charge is -2.17. The molecule has 0 spiro atoms. The summed E-state index contributed by atoms with van der Waals surface area (Å²) >= 11 is 0. The van der Waals surface area contributed by atoms with Gasteiger partial charge in [0.2, 0.25) is 0 Å². The van der Waals surface area contributed by atoms with Crippen LogP contribution < -0.4 is 0 Å². The zero-order valence-electron chi connectivity index (χ0n) is 10.9. The third-order valence-electron chi connectivity index (χ3n) is 3.52. The van der Waals surface area contributed by atoms with Gasteiger partial charge in [-0.3, -0.25) is 4.79 Å². The van der Waals surface area contributed by atoms with Gasteiger partial charge in [0.25, 0.3) is 0 Å². The molecule has 1 aliphatic rings. The van der Waals surface area contributed by atoms with Gasteiger partial charge in [-0.2, -0.15) is 0 Å². The maximum absolute atomic E-state index is 12.1. The number of ether oxygens (including phenoxy) is 1. The van der Waals surface area contributed by atoms with Crippen LogP contribution >= 0.6 is 0 Å². The molecule has 0 heterocycles. The Balaban J connectivity index is 2.61. The van der Waals surface area contributed by atoms with E-state index in [0.29, 0.717) is 6.42 Å². The minimum absolute atomic E-state index is 0.135. The second-order valence-electron chi connectivity index (χ2n) is 5.16. The van der Waals surface area contributed by atoms with Gasteiger partial charge >= 0.3 is 5.97 Å². The molecule has 0 aromatic heterocycles. The smallest absolute Gasteiger partial charge is 0.306 e. The number of hydrogen-bond acceptors (Lipinski definition) is 4. The van der Waals surface area contributed by atoms with E-state index in [1.807, 2.05) is 6.92 Å². The predicted molar refractivity (Wildman–Crippen MR) is 66.5 cm³/mol. The monoisotopic (exact) mass is 262 g/mol. The van der Waals surface area contributed by atoms with E-state index in [1.165, 1.54) is 7.11 Å². The molecule has 0 radical (unpaired) electrons. The van der Waals surface area contributed by atoms with Gasteiger partial charge in [0.05, 0.1) is 24.5 Å². The maximum Gasteiger partial charge on any atom is 0.306 e. The van der Waals surface area contributed by atoms with E-state index in [-0.39, 0.29) is 28.8 Å². The highest BCUT2D eigenvalue weighted by Crippen LogP contribution is 2.50. The summed E-state index contributed by atoms with van der Waals surface area (Å²) in [6.07, 6.45) is 3.43. The molecule has 1 rings (SSSR count). The average molecular weight is 262 g/mol. The van der Waals surface area contributed by atoms with Gasteiger partial charge in [0.1, 0.15) is 0 Å². The van der Waals surface area contributed by atoms with Crippen molar-refractivity contribution in [2.45, 2.75) is 51.2 Å². The Morgan fingerprint density at radius 3 is 2.41 bits per heavy atom. The van der Waals surface area contributed by atoms with E-state index in [2.05, 4.69) is 4.74 Å². The van der Waals surface area contributed by atoms with E-state index in [9.17, 15) is 13.2 Å². The first-order valence-corrected chi connectivity index (χ1v) is 7.85. The Hall–Kier alpha value is -0.580. The van der Waals surface area contributed by atoms with Crippen molar-refractivity contribution in [2.24, 2.45) is 5.41 Å². The summed E-state index contributed by atoms with van der Waals surface area (Å²) in [5, 5.41) is -0.303. The van der Waals surface area contributed by atoms with E-state index >= 15 is 0 Å². The SMILES string of the molecule is CCCC(C)S(=O)(=O)CC1(CC(=O)OC)CC1. The van der Waals surface area contributed by atoms with Crippen LogP contribution in [0.25, 0.3) is 0 Å². The van der Waals surface area contributed by atoms with E-state index in [0.717, 1.165) is 19.3 Å². The fourth-order valence-corrected chi connectivity index (χ4v) is 4.21. The Morgan fingerprint density at radius 2 is 2.00 bits per heavy atom. The Bertz CT molecular complexity index is 368. The van der Waals surface area contributed by atoms with Gasteiger partial charge in [0.15, 0.2) is 9.84 Å². The van der Waals surface area contributed by atoms with Crippen LogP contribution in [0, 0.1) is 5.41 Å². The predicted octanol–water partition coefficient (Wildman–Crippen LogP) is 1.93. The number of sulfone groups is 1. The lowest BCUT2D eigenvalue weighted by Crippen LogP contribution is -2.28. The highest BCUT2D eigenvalue weighted by Gasteiger charge is 2.48. The Kier molecular flexibility index (Phi) is 4.58. The molecular formula is C12H22O4S. The van der Waals surface area contributed by atoms with Crippen LogP contribution in [0.2, 0.25) is 0 Å². The van der Waals surface area contributed by atoms with Crippen LogP contribution in [-0.2, 0) is 19.4 Å². The molecule has 100 valence electrons. The van der Waals surface area contributed by atoms with Gasteiger partial charge in [-0.1, -0.05) is 13.3 Å². The molecule has 0 aromatic carbocycles. The number of rotatable bonds is 7. The molecule has 1 fully saturated rings. The lowest BCUT2D eigenvalue weighted by atomic mass is 10.1. The number of esters is 1. The molecule has 0 bridgehead atoms. The number of methoxy groups -OCH3 is 1. The largest absolute Gasteiger partial charge is 0.469 e. The van der Waals surface area contributed by atoms with Crippen molar-refractivity contribution in [3.8, 4) is 0 Å². The topological polar surface area (TPSA) is 60.4 Å². The van der Waals surface area contributed by atoms with Crippen LogP contribution in [0.5, 0.6) is 0 Å². The summed E-state index contributed by atoms with van der Waals surface area (Å²) in [6.45, 7) is 3.74. The third kappa shape index (κ3) is 3.98. The van der Waals surface area contributed by atoms with E-state index in [1.54, 1.807) is 6.92 Å². The zero-order valence-corrected chi connectivity index (χ0v) is 11.7. The lowest BCUT2D eigenvalue weighted by molar-refractivity contribution is -0.141.